The molecule has 0 spiro atoms. The number of ether oxygens (including phenoxy) is 1. The van der Waals surface area contributed by atoms with Crippen LogP contribution in [0.25, 0.3) is 0 Å². The van der Waals surface area contributed by atoms with Crippen molar-refractivity contribution in [1.82, 2.24) is 4.90 Å². The first-order valence-electron chi connectivity index (χ1n) is 6.75. The summed E-state index contributed by atoms with van der Waals surface area (Å²) in [5.74, 6) is 1.09. The Hall–Kier alpha value is -0.610. The van der Waals surface area contributed by atoms with Crippen LogP contribution in [-0.2, 0) is 9.53 Å². The predicted octanol–water partition coefficient (Wildman–Crippen LogP) is 0.999. The van der Waals surface area contributed by atoms with Gasteiger partial charge in [-0.05, 0) is 38.0 Å². The highest BCUT2D eigenvalue weighted by Crippen LogP contribution is 2.26. The van der Waals surface area contributed by atoms with Crippen LogP contribution in [0.1, 0.15) is 32.1 Å². The number of hydrogen-bond donors (Lipinski definition) is 1. The van der Waals surface area contributed by atoms with Crippen molar-refractivity contribution in [3.8, 4) is 0 Å². The minimum absolute atomic E-state index is 0.176. The third-order valence-electron chi connectivity index (χ3n) is 4.07. The Bertz CT molecular complexity index is 264. The minimum Gasteiger partial charge on any atom is -0.381 e. The highest BCUT2D eigenvalue weighted by molar-refractivity contribution is 5.78. The van der Waals surface area contributed by atoms with E-state index in [0.717, 1.165) is 51.9 Å². The lowest BCUT2D eigenvalue weighted by Gasteiger charge is -2.28. The second-order valence-electron chi connectivity index (χ2n) is 5.54. The van der Waals surface area contributed by atoms with Crippen molar-refractivity contribution in [2.45, 2.75) is 38.1 Å². The van der Waals surface area contributed by atoms with Crippen LogP contribution >= 0.6 is 0 Å². The standard InChI is InChI=1S/C13H24N2O2/c1-15(9-10-4-6-17-7-5-10)13(16)11-2-3-12(14)8-11/h10-12H,2-9,14H2,1H3. The van der Waals surface area contributed by atoms with Gasteiger partial charge in [0.2, 0.25) is 5.91 Å². The first-order valence-corrected chi connectivity index (χ1v) is 6.75. The lowest BCUT2D eigenvalue weighted by atomic mass is 9.98. The summed E-state index contributed by atoms with van der Waals surface area (Å²) in [4.78, 5) is 14.1. The molecular weight excluding hydrogens is 216 g/mol. The zero-order chi connectivity index (χ0) is 12.3. The van der Waals surface area contributed by atoms with Gasteiger partial charge in [0.05, 0.1) is 0 Å². The number of nitrogens with zero attached hydrogens (tertiary/aromatic N) is 1. The number of hydrogen-bond acceptors (Lipinski definition) is 3. The van der Waals surface area contributed by atoms with Crippen LogP contribution in [0.3, 0.4) is 0 Å². The zero-order valence-corrected chi connectivity index (χ0v) is 10.7. The molecule has 4 nitrogen and oxygen atoms in total. The Kier molecular flexibility index (Phi) is 4.40. The van der Waals surface area contributed by atoms with Crippen LogP contribution in [0, 0.1) is 11.8 Å². The maximum Gasteiger partial charge on any atom is 0.225 e. The van der Waals surface area contributed by atoms with E-state index >= 15 is 0 Å². The van der Waals surface area contributed by atoms with Gasteiger partial charge in [-0.2, -0.15) is 0 Å². The monoisotopic (exact) mass is 240 g/mol. The fraction of sp³-hybridized carbons (Fsp3) is 0.923. The van der Waals surface area contributed by atoms with E-state index in [1.165, 1.54) is 0 Å². The quantitative estimate of drug-likeness (QED) is 0.800. The third-order valence-corrected chi connectivity index (χ3v) is 4.07. The molecule has 2 rings (SSSR count). The van der Waals surface area contributed by atoms with Gasteiger partial charge >= 0.3 is 0 Å². The van der Waals surface area contributed by atoms with Crippen LogP contribution in [0.15, 0.2) is 0 Å². The molecule has 2 atom stereocenters. The highest BCUT2D eigenvalue weighted by Gasteiger charge is 2.30. The van der Waals surface area contributed by atoms with Crippen LogP contribution < -0.4 is 5.73 Å². The van der Waals surface area contributed by atoms with Crippen molar-refractivity contribution in [1.29, 1.82) is 0 Å². The van der Waals surface area contributed by atoms with Gasteiger partial charge in [0.25, 0.3) is 0 Å². The Morgan fingerprint density at radius 1 is 1.29 bits per heavy atom. The molecule has 4 heteroatoms. The lowest BCUT2D eigenvalue weighted by molar-refractivity contribution is -0.135. The maximum atomic E-state index is 12.2. The average molecular weight is 240 g/mol. The van der Waals surface area contributed by atoms with E-state index in [1.807, 2.05) is 11.9 Å². The third kappa shape index (κ3) is 3.42. The molecule has 1 saturated carbocycles. The topological polar surface area (TPSA) is 55.6 Å². The average Bonchev–Trinajstić information content (AvgIpc) is 2.76. The van der Waals surface area contributed by atoms with Crippen molar-refractivity contribution >= 4 is 5.91 Å². The molecule has 17 heavy (non-hydrogen) atoms. The molecular formula is C13H24N2O2. The number of carbonyl (C=O) groups is 1. The molecule has 98 valence electrons. The number of rotatable bonds is 3. The summed E-state index contributed by atoms with van der Waals surface area (Å²) in [6, 6.07) is 0.237. The first kappa shape index (κ1) is 12.8. The molecule has 0 aromatic rings. The van der Waals surface area contributed by atoms with E-state index in [1.54, 1.807) is 0 Å². The molecule has 1 aliphatic heterocycles. The smallest absolute Gasteiger partial charge is 0.225 e. The van der Waals surface area contributed by atoms with Gasteiger partial charge in [-0.3, -0.25) is 4.79 Å². The maximum absolute atomic E-state index is 12.2. The molecule has 1 aliphatic carbocycles. The molecule has 1 heterocycles. The Morgan fingerprint density at radius 2 is 2.00 bits per heavy atom. The van der Waals surface area contributed by atoms with Gasteiger partial charge in [-0.1, -0.05) is 0 Å². The van der Waals surface area contributed by atoms with Gasteiger partial charge in [0, 0.05) is 38.8 Å². The van der Waals surface area contributed by atoms with Gasteiger partial charge in [-0.25, -0.2) is 0 Å². The Balaban J connectivity index is 1.78. The summed E-state index contributed by atoms with van der Waals surface area (Å²) in [6.07, 6.45) is 5.01. The van der Waals surface area contributed by atoms with E-state index < -0.39 is 0 Å². The lowest BCUT2D eigenvalue weighted by Crippen LogP contribution is -2.37. The van der Waals surface area contributed by atoms with Crippen LogP contribution in [-0.4, -0.2) is 43.7 Å². The van der Waals surface area contributed by atoms with Crippen LogP contribution in [0.4, 0.5) is 0 Å². The Labute approximate surface area is 103 Å². The predicted molar refractivity (Wildman–Crippen MR) is 66.5 cm³/mol. The van der Waals surface area contributed by atoms with Gasteiger partial charge in [0.15, 0.2) is 0 Å². The molecule has 2 fully saturated rings. The molecule has 1 saturated heterocycles. The summed E-state index contributed by atoms with van der Waals surface area (Å²) in [5.41, 5.74) is 5.86. The molecule has 1 amide bonds. The number of carbonyl (C=O) groups excluding carboxylic acids is 1. The van der Waals surface area contributed by atoms with Gasteiger partial charge in [-0.15, -0.1) is 0 Å². The summed E-state index contributed by atoms with van der Waals surface area (Å²) in [6.45, 7) is 2.58. The second kappa shape index (κ2) is 5.83. The zero-order valence-electron chi connectivity index (χ0n) is 10.7. The van der Waals surface area contributed by atoms with Gasteiger partial charge in [0.1, 0.15) is 0 Å². The fourth-order valence-corrected chi connectivity index (χ4v) is 2.96. The van der Waals surface area contributed by atoms with E-state index in [9.17, 15) is 4.79 Å². The fourth-order valence-electron chi connectivity index (χ4n) is 2.96. The molecule has 0 bridgehead atoms. The van der Waals surface area contributed by atoms with Crippen LogP contribution in [0.5, 0.6) is 0 Å². The van der Waals surface area contributed by atoms with E-state index in [0.29, 0.717) is 11.8 Å². The van der Waals surface area contributed by atoms with Crippen molar-refractivity contribution in [3.63, 3.8) is 0 Å². The van der Waals surface area contributed by atoms with E-state index in [2.05, 4.69) is 0 Å². The summed E-state index contributed by atoms with van der Waals surface area (Å²) >= 11 is 0. The number of amides is 1. The molecule has 2 aliphatic rings. The Morgan fingerprint density at radius 3 is 2.59 bits per heavy atom. The van der Waals surface area contributed by atoms with Crippen molar-refractivity contribution in [2.24, 2.45) is 17.6 Å². The summed E-state index contributed by atoms with van der Waals surface area (Å²) < 4.78 is 5.34. The molecule has 0 radical (unpaired) electrons. The second-order valence-corrected chi connectivity index (χ2v) is 5.54. The first-order chi connectivity index (χ1) is 8.16. The highest BCUT2D eigenvalue weighted by atomic mass is 16.5. The van der Waals surface area contributed by atoms with Gasteiger partial charge < -0.3 is 15.4 Å². The van der Waals surface area contributed by atoms with E-state index in [4.69, 9.17) is 10.5 Å². The van der Waals surface area contributed by atoms with Crippen molar-refractivity contribution in [3.05, 3.63) is 0 Å². The molecule has 2 N–H and O–H groups in total. The summed E-state index contributed by atoms with van der Waals surface area (Å²) in [7, 11) is 1.93. The van der Waals surface area contributed by atoms with Crippen molar-refractivity contribution in [2.75, 3.05) is 26.8 Å². The minimum atomic E-state index is 0.176. The number of nitrogens with two attached hydrogens (primary N) is 1. The molecule has 0 aromatic carbocycles. The van der Waals surface area contributed by atoms with Crippen molar-refractivity contribution < 1.29 is 9.53 Å². The molecule has 2 unspecified atom stereocenters. The molecule has 0 aromatic heterocycles. The van der Waals surface area contributed by atoms with Crippen LogP contribution in [0.2, 0.25) is 0 Å². The SMILES string of the molecule is CN(CC1CCOCC1)C(=O)C1CCC(N)C1. The van der Waals surface area contributed by atoms with E-state index in [-0.39, 0.29) is 12.0 Å². The normalized spacial score (nSPS) is 30.5. The summed E-state index contributed by atoms with van der Waals surface area (Å²) in [5, 5.41) is 0. The largest absolute Gasteiger partial charge is 0.381 e.